The molecule has 0 amide bonds. The Bertz CT molecular complexity index is 2720. The molecule has 1 heterocycles. The van der Waals surface area contributed by atoms with E-state index < -0.39 is 11.2 Å². The summed E-state index contributed by atoms with van der Waals surface area (Å²) >= 11 is 0. The molecule has 1 aliphatic carbocycles. The van der Waals surface area contributed by atoms with Crippen LogP contribution in [0.2, 0.25) is 0 Å². The van der Waals surface area contributed by atoms with Crippen molar-refractivity contribution >= 4 is 59.5 Å². The average Bonchev–Trinajstić information content (AvgIpc) is 3.34. The number of hydrogen-bond acceptors (Lipinski definition) is 3. The van der Waals surface area contributed by atoms with Crippen molar-refractivity contribution in [1.82, 2.24) is 0 Å². The Morgan fingerprint density at radius 1 is 0.440 bits per heavy atom. The minimum absolute atomic E-state index is 0.264. The van der Waals surface area contributed by atoms with Crippen LogP contribution in [0.1, 0.15) is 52.7 Å². The summed E-state index contributed by atoms with van der Waals surface area (Å²) in [5.74, 6) is 0. The molecular weight excluding hydrogens is 611 g/mol. The Labute approximate surface area is 292 Å². The van der Waals surface area contributed by atoms with E-state index in [9.17, 15) is 0 Å². The fraction of sp³-hybridized carbons (Fsp3) is 0.191. The zero-order chi connectivity index (χ0) is 34.2. The number of anilines is 1. The van der Waals surface area contributed by atoms with Crippen molar-refractivity contribution < 1.29 is 9.68 Å². The highest BCUT2D eigenvalue weighted by molar-refractivity contribution is 6.31. The van der Waals surface area contributed by atoms with Crippen molar-refractivity contribution in [3.63, 3.8) is 0 Å². The summed E-state index contributed by atoms with van der Waals surface area (Å²) in [5, 5.41) is 14.2. The molecule has 3 heteroatoms. The lowest BCUT2D eigenvalue weighted by Gasteiger charge is -2.36. The van der Waals surface area contributed by atoms with Gasteiger partial charge in [-0.2, -0.15) is 0 Å². The summed E-state index contributed by atoms with van der Waals surface area (Å²) < 4.78 is 0. The Morgan fingerprint density at radius 3 is 1.84 bits per heavy atom. The molecule has 0 saturated carbocycles. The standard InChI is InChI=1S/C47H39NO2/c1-45(2)39-22-14-21-33-38(31-25-29-17-10-11-18-32(29)37(27-31)28-15-8-7-9-16-28)26-30-23-24-36-42(40(30)41(33)39)43(45)34-19-12-13-20-35(34)44(36)48-49-46(3,4)47(5,6)50-48/h7-27H,1-6H3. The van der Waals surface area contributed by atoms with Crippen LogP contribution in [0, 0.1) is 0 Å². The Kier molecular flexibility index (Phi) is 5.90. The van der Waals surface area contributed by atoms with Gasteiger partial charge in [0.05, 0.1) is 0 Å². The first-order valence-electron chi connectivity index (χ1n) is 17.7. The lowest BCUT2D eigenvalue weighted by Crippen LogP contribution is -2.41. The van der Waals surface area contributed by atoms with E-state index in [0.717, 1.165) is 16.5 Å². The fourth-order valence-electron chi connectivity index (χ4n) is 8.74. The number of benzene rings is 8. The van der Waals surface area contributed by atoms with Crippen LogP contribution in [0.5, 0.6) is 0 Å². The molecule has 0 atom stereocenters. The van der Waals surface area contributed by atoms with E-state index in [0.29, 0.717) is 0 Å². The van der Waals surface area contributed by atoms with Gasteiger partial charge in [-0.15, -0.1) is 5.23 Å². The van der Waals surface area contributed by atoms with Gasteiger partial charge >= 0.3 is 0 Å². The Hall–Kier alpha value is -5.22. The molecule has 1 aliphatic heterocycles. The number of rotatable bonds is 3. The first-order valence-corrected chi connectivity index (χ1v) is 17.7. The van der Waals surface area contributed by atoms with Crippen LogP contribution in [0.4, 0.5) is 5.69 Å². The van der Waals surface area contributed by atoms with Gasteiger partial charge in [-0.05, 0) is 122 Å². The third kappa shape index (κ3) is 3.88. The minimum atomic E-state index is -0.514. The van der Waals surface area contributed by atoms with Crippen molar-refractivity contribution in [2.75, 3.05) is 5.23 Å². The molecule has 10 rings (SSSR count). The van der Waals surface area contributed by atoms with E-state index >= 15 is 0 Å². The number of hydrogen-bond donors (Lipinski definition) is 0. The van der Waals surface area contributed by atoms with Gasteiger partial charge in [-0.1, -0.05) is 123 Å². The van der Waals surface area contributed by atoms with Crippen molar-refractivity contribution in [1.29, 1.82) is 0 Å². The van der Waals surface area contributed by atoms with Gasteiger partial charge in [0.25, 0.3) is 0 Å². The average molecular weight is 650 g/mol. The summed E-state index contributed by atoms with van der Waals surface area (Å²) in [6, 6.07) is 47.0. The van der Waals surface area contributed by atoms with Crippen LogP contribution in [-0.4, -0.2) is 11.2 Å². The molecule has 2 aliphatic rings. The third-order valence-electron chi connectivity index (χ3n) is 11.9. The Morgan fingerprint density at radius 2 is 1.08 bits per heavy atom. The van der Waals surface area contributed by atoms with Crippen molar-refractivity contribution in [2.45, 2.75) is 58.2 Å². The third-order valence-corrected chi connectivity index (χ3v) is 11.9. The predicted molar refractivity (Wildman–Crippen MR) is 210 cm³/mol. The molecule has 0 aromatic heterocycles. The van der Waals surface area contributed by atoms with Gasteiger partial charge in [0.15, 0.2) is 0 Å². The van der Waals surface area contributed by atoms with Gasteiger partial charge in [0.1, 0.15) is 16.9 Å². The highest BCUT2D eigenvalue weighted by atomic mass is 17.0. The molecule has 1 fully saturated rings. The minimum Gasteiger partial charge on any atom is -0.239 e. The van der Waals surface area contributed by atoms with Crippen molar-refractivity contribution in [3.05, 3.63) is 139 Å². The van der Waals surface area contributed by atoms with Gasteiger partial charge in [-0.25, -0.2) is 9.68 Å². The molecule has 0 radical (unpaired) electrons. The summed E-state index contributed by atoms with van der Waals surface area (Å²) in [6.07, 6.45) is 0. The van der Waals surface area contributed by atoms with E-state index in [1.165, 1.54) is 76.5 Å². The van der Waals surface area contributed by atoms with Crippen molar-refractivity contribution in [3.8, 4) is 22.3 Å². The fourth-order valence-corrected chi connectivity index (χ4v) is 8.74. The highest BCUT2D eigenvalue weighted by Crippen LogP contribution is 2.56. The SMILES string of the molecule is CC1(C)c2cccc3c(-c4cc(-c5ccccc5)c5ccccc5c4)cc4ccc5c(N6OC(C)(C)C(C)(C)O6)c6ccccc6c1c5c4c23. The van der Waals surface area contributed by atoms with Crippen LogP contribution in [0.25, 0.3) is 76.1 Å². The summed E-state index contributed by atoms with van der Waals surface area (Å²) in [7, 11) is 0. The van der Waals surface area contributed by atoms with Gasteiger partial charge < -0.3 is 0 Å². The van der Waals surface area contributed by atoms with E-state index in [1.807, 2.05) is 0 Å². The molecule has 8 aromatic carbocycles. The monoisotopic (exact) mass is 649 g/mol. The first kappa shape index (κ1) is 29.7. The molecule has 8 aromatic rings. The molecule has 0 N–H and O–H groups in total. The Balaban J connectivity index is 1.34. The number of fused-ring (bicyclic) bond motifs is 3. The molecule has 50 heavy (non-hydrogen) atoms. The second-order valence-corrected chi connectivity index (χ2v) is 15.7. The molecule has 3 nitrogen and oxygen atoms in total. The molecule has 244 valence electrons. The summed E-state index contributed by atoms with van der Waals surface area (Å²) in [5.41, 5.74) is 7.36. The van der Waals surface area contributed by atoms with Crippen LogP contribution < -0.4 is 5.23 Å². The van der Waals surface area contributed by atoms with Gasteiger partial charge in [0.2, 0.25) is 0 Å². The van der Waals surface area contributed by atoms with E-state index in [-0.39, 0.29) is 5.41 Å². The van der Waals surface area contributed by atoms with E-state index in [2.05, 4.69) is 169 Å². The first-order chi connectivity index (χ1) is 24.0. The van der Waals surface area contributed by atoms with E-state index in [4.69, 9.17) is 9.68 Å². The van der Waals surface area contributed by atoms with Crippen LogP contribution in [0.3, 0.4) is 0 Å². The topological polar surface area (TPSA) is 21.7 Å². The lowest BCUT2D eigenvalue weighted by molar-refractivity contribution is -0.0259. The quantitative estimate of drug-likeness (QED) is 0.140. The second-order valence-electron chi connectivity index (χ2n) is 15.7. The van der Waals surface area contributed by atoms with Crippen LogP contribution in [0.15, 0.2) is 127 Å². The zero-order valence-electron chi connectivity index (χ0n) is 29.4. The maximum absolute atomic E-state index is 6.64. The molecular formula is C47H39NO2. The summed E-state index contributed by atoms with van der Waals surface area (Å²) in [4.78, 5) is 13.3. The van der Waals surface area contributed by atoms with Crippen molar-refractivity contribution in [2.24, 2.45) is 0 Å². The van der Waals surface area contributed by atoms with Gasteiger partial charge in [0, 0.05) is 16.2 Å². The van der Waals surface area contributed by atoms with Crippen LogP contribution in [-0.2, 0) is 15.1 Å². The highest BCUT2D eigenvalue weighted by Gasteiger charge is 2.51. The largest absolute Gasteiger partial charge is 0.239 e. The molecule has 0 spiro atoms. The van der Waals surface area contributed by atoms with Crippen LogP contribution >= 0.6 is 0 Å². The normalized spacial score (nSPS) is 17.3. The maximum Gasteiger partial charge on any atom is 0.124 e. The molecule has 1 saturated heterocycles. The lowest BCUT2D eigenvalue weighted by atomic mass is 9.67. The van der Waals surface area contributed by atoms with Gasteiger partial charge in [-0.3, -0.25) is 0 Å². The molecule has 0 bridgehead atoms. The second kappa shape index (κ2) is 9.94. The number of nitrogens with zero attached hydrogens (tertiary/aromatic N) is 1. The maximum atomic E-state index is 6.64. The predicted octanol–water partition coefficient (Wildman–Crippen LogP) is 12.7. The summed E-state index contributed by atoms with van der Waals surface area (Å²) in [6.45, 7) is 13.2. The van der Waals surface area contributed by atoms with E-state index in [1.54, 1.807) is 5.23 Å². The smallest absolute Gasteiger partial charge is 0.124 e. The zero-order valence-corrected chi connectivity index (χ0v) is 29.4. The molecule has 0 unspecified atom stereocenters.